The van der Waals surface area contributed by atoms with Crippen molar-refractivity contribution in [3.63, 3.8) is 0 Å². The summed E-state index contributed by atoms with van der Waals surface area (Å²) < 4.78 is 6.77. The van der Waals surface area contributed by atoms with Gasteiger partial charge in [0.15, 0.2) is 0 Å². The first-order valence-electron chi connectivity index (χ1n) is 27.0. The van der Waals surface area contributed by atoms with Crippen molar-refractivity contribution in [2.24, 2.45) is 0 Å². The molecular weight excluding hydrogens is 921 g/mol. The van der Waals surface area contributed by atoms with Crippen molar-refractivity contribution in [2.45, 2.75) is 240 Å². The van der Waals surface area contributed by atoms with Crippen LogP contribution < -0.4 is 0 Å². The molecule has 7 aromatic heterocycles. The van der Waals surface area contributed by atoms with Gasteiger partial charge in [0.05, 0.1) is 47.1 Å². The van der Waals surface area contributed by atoms with E-state index in [4.69, 9.17) is 4.52 Å². The van der Waals surface area contributed by atoms with Gasteiger partial charge in [0.1, 0.15) is 16.8 Å². The number of rotatable bonds is 0. The lowest BCUT2D eigenvalue weighted by Crippen LogP contribution is -2.24. The molecule has 0 fully saturated rings. The summed E-state index contributed by atoms with van der Waals surface area (Å²) >= 11 is 0. The van der Waals surface area contributed by atoms with Gasteiger partial charge >= 0.3 is 0 Å². The van der Waals surface area contributed by atoms with Crippen LogP contribution in [-0.2, 0) is 32.7 Å². The summed E-state index contributed by atoms with van der Waals surface area (Å²) in [6.45, 7) is 62.2. The number of aromatic nitrogens is 14. The highest BCUT2D eigenvalue weighted by atomic mass is 16.5. The SMILES string of the molecule is CC.CC.CC.CC.CC.CC.CC(C)(C)c1[nH]nc2ccccc12.CC(C)(C)c1[nH]nc2cccnc12.CC(C)(C)c1ccn[nH]1.CC(C)(C)c1ccno1.CC(C)(C)n1ccnn1.CC(C)(C)n1nccn1. The molecule has 0 aliphatic rings. The lowest BCUT2D eigenvalue weighted by Gasteiger charge is -2.17. The normalized spacial score (nSPS) is 10.6. The van der Waals surface area contributed by atoms with Gasteiger partial charge in [-0.15, -0.1) is 5.10 Å². The number of aromatic amines is 3. The molecule has 0 unspecified atom stereocenters. The Morgan fingerprint density at radius 1 is 0.446 bits per heavy atom. The molecule has 0 aliphatic heterocycles. The van der Waals surface area contributed by atoms with E-state index in [-0.39, 0.29) is 32.7 Å². The number of hydrogen-bond acceptors (Lipinski definition) is 10. The summed E-state index contributed by atoms with van der Waals surface area (Å²) in [7, 11) is 0. The second-order valence-corrected chi connectivity index (χ2v) is 20.9. The van der Waals surface area contributed by atoms with E-state index >= 15 is 0 Å². The van der Waals surface area contributed by atoms with Gasteiger partial charge in [-0.2, -0.15) is 30.3 Å². The molecule has 0 saturated heterocycles. The van der Waals surface area contributed by atoms with E-state index in [1.165, 1.54) is 16.8 Å². The van der Waals surface area contributed by atoms with Gasteiger partial charge in [0.25, 0.3) is 0 Å². The first kappa shape index (κ1) is 74.5. The molecular formula is C59H108N14O. The summed E-state index contributed by atoms with van der Waals surface area (Å²) in [4.78, 5) is 6.00. The average Bonchev–Trinajstić information content (AvgIpc) is 4.22. The molecule has 0 aliphatic carbocycles. The van der Waals surface area contributed by atoms with Gasteiger partial charge in [-0.1, -0.05) is 195 Å². The Balaban J connectivity index is -0.000000384. The Kier molecular flexibility index (Phi) is 38.0. The van der Waals surface area contributed by atoms with E-state index in [9.17, 15) is 0 Å². The highest BCUT2D eigenvalue weighted by Gasteiger charge is 2.21. The fraction of sp³-hybridized carbons (Fsp3) is 0.610. The van der Waals surface area contributed by atoms with Crippen LogP contribution in [0.5, 0.6) is 0 Å². The van der Waals surface area contributed by atoms with Crippen LogP contribution in [0.1, 0.15) is 231 Å². The van der Waals surface area contributed by atoms with Crippen molar-refractivity contribution in [3.8, 4) is 0 Å². The summed E-state index contributed by atoms with van der Waals surface area (Å²) in [5, 5.41) is 41.8. The smallest absolute Gasteiger partial charge is 0.142 e. The fourth-order valence-electron chi connectivity index (χ4n) is 5.31. The molecule has 0 spiro atoms. The topological polar surface area (TPSA) is 186 Å². The maximum absolute atomic E-state index is 4.95. The molecule has 7 heterocycles. The van der Waals surface area contributed by atoms with E-state index in [1.54, 1.807) is 42.0 Å². The van der Waals surface area contributed by atoms with E-state index in [2.05, 4.69) is 192 Å². The predicted molar refractivity (Wildman–Crippen MR) is 318 cm³/mol. The van der Waals surface area contributed by atoms with E-state index in [1.807, 2.05) is 136 Å². The third-order valence-corrected chi connectivity index (χ3v) is 8.89. The largest absolute Gasteiger partial charge is 0.361 e. The molecule has 3 N–H and O–H groups in total. The maximum Gasteiger partial charge on any atom is 0.142 e. The second-order valence-electron chi connectivity index (χ2n) is 20.9. The summed E-state index contributed by atoms with van der Waals surface area (Å²) in [5.41, 5.74) is 7.05. The summed E-state index contributed by atoms with van der Waals surface area (Å²) in [6.07, 6.45) is 12.2. The van der Waals surface area contributed by atoms with Crippen LogP contribution in [0.15, 0.2) is 96.4 Å². The number of benzene rings is 1. The molecule has 8 aromatic rings. The molecule has 0 bridgehead atoms. The lowest BCUT2D eigenvalue weighted by molar-refractivity contribution is 0.312. The number of hydrogen-bond donors (Lipinski definition) is 3. The number of fused-ring (bicyclic) bond motifs is 2. The van der Waals surface area contributed by atoms with Crippen molar-refractivity contribution < 1.29 is 4.52 Å². The Bertz CT molecular complexity index is 2140. The summed E-state index contributed by atoms with van der Waals surface area (Å²) in [5.74, 6) is 0.933. The third-order valence-electron chi connectivity index (χ3n) is 8.89. The molecule has 8 rings (SSSR count). The number of nitrogens with zero attached hydrogens (tertiary/aromatic N) is 11. The first-order chi connectivity index (χ1) is 34.6. The molecule has 15 nitrogen and oxygen atoms in total. The Morgan fingerprint density at radius 3 is 1.30 bits per heavy atom. The molecule has 15 heteroatoms. The standard InChI is InChI=1S/C11H14N2.C10H13N3.C7H12N2.C7H11NO.2C6H11N3.6C2H6/c1-11(2,3)10-8-6-4-5-7-9(8)12-13-10;1-10(2,3)9-8-7(12-13-9)5-4-6-11-8;2*1-7(2,3)6-4-5-8-9-6;1-6(2,3)9-5-4-7-8-9;1-6(2,3)9-7-4-5-8-9;6*1-2/h4-7H,1-3H3,(H,12,13);4-6H,1-3H3,(H,12,13);4-5H,1-3H3,(H,8,9);3*4-5H,1-3H3;6*1-2H3. The van der Waals surface area contributed by atoms with Crippen LogP contribution in [0.4, 0.5) is 0 Å². The molecule has 0 saturated carbocycles. The molecule has 1 aromatic carbocycles. The zero-order chi connectivity index (χ0) is 58.6. The van der Waals surface area contributed by atoms with E-state index in [0.717, 1.165) is 28.0 Å². The number of para-hydroxylation sites is 1. The van der Waals surface area contributed by atoms with E-state index in [0.29, 0.717) is 0 Å². The molecule has 74 heavy (non-hydrogen) atoms. The molecule has 0 atom stereocenters. The van der Waals surface area contributed by atoms with Crippen molar-refractivity contribution in [1.29, 1.82) is 0 Å². The Hall–Kier alpha value is -5.99. The minimum absolute atomic E-state index is 0.0174. The van der Waals surface area contributed by atoms with Crippen LogP contribution in [0, 0.1) is 0 Å². The molecule has 420 valence electrons. The number of nitrogens with one attached hydrogen (secondary N) is 3. The predicted octanol–water partition coefficient (Wildman–Crippen LogP) is 17.0. The van der Waals surface area contributed by atoms with Crippen molar-refractivity contribution in [2.75, 3.05) is 0 Å². The fourth-order valence-corrected chi connectivity index (χ4v) is 5.31. The number of pyridine rings is 1. The Labute approximate surface area is 450 Å². The van der Waals surface area contributed by atoms with Gasteiger partial charge in [0.2, 0.25) is 0 Å². The zero-order valence-electron chi connectivity index (χ0n) is 52.5. The second kappa shape index (κ2) is 37.7. The van der Waals surface area contributed by atoms with Gasteiger partial charge < -0.3 is 4.52 Å². The molecule has 0 amide bonds. The monoisotopic (exact) mass is 1030 g/mol. The Morgan fingerprint density at radius 2 is 0.946 bits per heavy atom. The highest BCUT2D eigenvalue weighted by molar-refractivity contribution is 5.82. The quantitative estimate of drug-likeness (QED) is 0.132. The highest BCUT2D eigenvalue weighted by Crippen LogP contribution is 2.28. The number of H-pyrrole nitrogens is 3. The van der Waals surface area contributed by atoms with Gasteiger partial charge in [-0.25, -0.2) is 4.68 Å². The lowest BCUT2D eigenvalue weighted by atomic mass is 9.90. The maximum atomic E-state index is 4.95. The van der Waals surface area contributed by atoms with Crippen LogP contribution >= 0.6 is 0 Å². The summed E-state index contributed by atoms with van der Waals surface area (Å²) in [6, 6.07) is 16.0. The zero-order valence-corrected chi connectivity index (χ0v) is 52.5. The third kappa shape index (κ3) is 29.0. The van der Waals surface area contributed by atoms with Gasteiger partial charge in [-0.3, -0.25) is 20.3 Å². The van der Waals surface area contributed by atoms with Crippen LogP contribution in [0.25, 0.3) is 21.9 Å². The molecule has 0 radical (unpaired) electrons. The van der Waals surface area contributed by atoms with Gasteiger partial charge in [0, 0.05) is 63.1 Å². The van der Waals surface area contributed by atoms with Crippen LogP contribution in [-0.4, -0.2) is 70.7 Å². The van der Waals surface area contributed by atoms with Crippen molar-refractivity contribution in [3.05, 3.63) is 115 Å². The van der Waals surface area contributed by atoms with Gasteiger partial charge in [-0.05, 0) is 65.8 Å². The van der Waals surface area contributed by atoms with Crippen molar-refractivity contribution in [1.82, 2.24) is 70.7 Å². The average molecular weight is 1030 g/mol. The first-order valence-corrected chi connectivity index (χ1v) is 27.0. The van der Waals surface area contributed by atoms with Crippen LogP contribution in [0.3, 0.4) is 0 Å². The minimum atomic E-state index is 0.0174. The van der Waals surface area contributed by atoms with E-state index < -0.39 is 0 Å². The van der Waals surface area contributed by atoms with Crippen LogP contribution in [0.2, 0.25) is 0 Å². The van der Waals surface area contributed by atoms with Crippen molar-refractivity contribution >= 4 is 21.9 Å². The minimum Gasteiger partial charge on any atom is -0.361 e.